The first kappa shape index (κ1) is 17.6. The predicted molar refractivity (Wildman–Crippen MR) is 79.7 cm³/mol. The molecule has 4 nitrogen and oxygen atoms in total. The fourth-order valence-electron chi connectivity index (χ4n) is 2.65. The lowest BCUT2D eigenvalue weighted by Crippen LogP contribution is -2.44. The molecule has 0 aromatic heterocycles. The maximum absolute atomic E-state index is 12.5. The van der Waals surface area contributed by atoms with Crippen molar-refractivity contribution in [3.8, 4) is 0 Å². The van der Waals surface area contributed by atoms with Gasteiger partial charge in [0.05, 0.1) is 11.7 Å². The van der Waals surface area contributed by atoms with Crippen LogP contribution in [0.3, 0.4) is 0 Å². The second-order valence-electron chi connectivity index (χ2n) is 6.01. The van der Waals surface area contributed by atoms with Gasteiger partial charge in [-0.05, 0) is 43.4 Å². The monoisotopic (exact) mass is 330 g/mol. The van der Waals surface area contributed by atoms with Gasteiger partial charge >= 0.3 is 12.2 Å². The summed E-state index contributed by atoms with van der Waals surface area (Å²) in [5.41, 5.74) is -0.0659. The van der Waals surface area contributed by atoms with Crippen LogP contribution in [0.5, 0.6) is 0 Å². The summed E-state index contributed by atoms with van der Waals surface area (Å²) in [6.07, 6.45) is -1.82. The molecular weight excluding hydrogens is 309 g/mol. The highest BCUT2D eigenvalue weighted by atomic mass is 19.4. The van der Waals surface area contributed by atoms with Gasteiger partial charge in [-0.3, -0.25) is 0 Å². The zero-order valence-corrected chi connectivity index (χ0v) is 12.9. The first-order chi connectivity index (χ1) is 10.8. The Labute approximate surface area is 133 Å². The molecule has 23 heavy (non-hydrogen) atoms. The van der Waals surface area contributed by atoms with Crippen molar-refractivity contribution in [1.82, 2.24) is 10.2 Å². The smallest absolute Gasteiger partial charge is 0.393 e. The second kappa shape index (κ2) is 7.21. The molecule has 1 aliphatic rings. The number of aliphatic hydroxyl groups is 1. The molecule has 0 unspecified atom stereocenters. The maximum atomic E-state index is 12.5. The Morgan fingerprint density at radius 2 is 1.78 bits per heavy atom. The Morgan fingerprint density at radius 3 is 2.30 bits per heavy atom. The highest BCUT2D eigenvalue weighted by molar-refractivity contribution is 5.74. The third-order valence-electron chi connectivity index (χ3n) is 4.07. The van der Waals surface area contributed by atoms with Crippen LogP contribution in [0.25, 0.3) is 0 Å². The van der Waals surface area contributed by atoms with Gasteiger partial charge in [0.25, 0.3) is 0 Å². The van der Waals surface area contributed by atoms with Gasteiger partial charge in [-0.2, -0.15) is 13.2 Å². The Bertz CT molecular complexity index is 523. The number of halogens is 3. The average molecular weight is 330 g/mol. The van der Waals surface area contributed by atoms with E-state index in [2.05, 4.69) is 5.32 Å². The highest BCUT2D eigenvalue weighted by Crippen LogP contribution is 2.29. The number of hydrogen-bond donors (Lipinski definition) is 2. The van der Waals surface area contributed by atoms with E-state index in [0.717, 1.165) is 25.0 Å². The van der Waals surface area contributed by atoms with Crippen LogP contribution in [0, 0.1) is 0 Å². The Hall–Kier alpha value is -1.76. The molecule has 0 radical (unpaired) electrons. The van der Waals surface area contributed by atoms with Crippen molar-refractivity contribution in [3.63, 3.8) is 0 Å². The number of carbonyl (C=O) groups excluding carboxylic acids is 1. The molecule has 0 aliphatic heterocycles. The largest absolute Gasteiger partial charge is 0.416 e. The number of alkyl halides is 3. The van der Waals surface area contributed by atoms with Crippen molar-refractivity contribution >= 4 is 6.03 Å². The van der Waals surface area contributed by atoms with Crippen LogP contribution < -0.4 is 5.32 Å². The number of carbonyl (C=O) groups is 1. The minimum absolute atomic E-state index is 0.0426. The lowest BCUT2D eigenvalue weighted by atomic mass is 9.93. The van der Waals surface area contributed by atoms with Crippen molar-refractivity contribution < 1.29 is 23.1 Å². The maximum Gasteiger partial charge on any atom is 0.416 e. The minimum atomic E-state index is -4.35. The molecule has 0 saturated heterocycles. The number of aliphatic hydroxyl groups excluding tert-OH is 1. The van der Waals surface area contributed by atoms with Gasteiger partial charge in [0.1, 0.15) is 0 Å². The van der Waals surface area contributed by atoms with E-state index >= 15 is 0 Å². The van der Waals surface area contributed by atoms with Crippen LogP contribution in [0.15, 0.2) is 24.3 Å². The quantitative estimate of drug-likeness (QED) is 0.894. The molecule has 1 aromatic rings. The molecule has 0 heterocycles. The van der Waals surface area contributed by atoms with Crippen LogP contribution >= 0.6 is 0 Å². The minimum Gasteiger partial charge on any atom is -0.393 e. The molecule has 0 atom stereocenters. The number of benzene rings is 1. The molecule has 2 rings (SSSR count). The fraction of sp³-hybridized carbons (Fsp3) is 0.562. The molecule has 1 saturated carbocycles. The van der Waals surface area contributed by atoms with Gasteiger partial charge in [0.2, 0.25) is 0 Å². The van der Waals surface area contributed by atoms with Gasteiger partial charge in [-0.1, -0.05) is 12.1 Å². The van der Waals surface area contributed by atoms with E-state index in [1.54, 1.807) is 7.05 Å². The summed E-state index contributed by atoms with van der Waals surface area (Å²) in [7, 11) is 1.60. The molecule has 128 valence electrons. The van der Waals surface area contributed by atoms with Crippen molar-refractivity contribution in [2.75, 3.05) is 7.05 Å². The predicted octanol–water partition coefficient (Wildman–Crippen LogP) is 3.15. The number of rotatable bonds is 3. The highest BCUT2D eigenvalue weighted by Gasteiger charge is 2.30. The van der Waals surface area contributed by atoms with Gasteiger partial charge in [0, 0.05) is 19.6 Å². The number of urea groups is 1. The first-order valence-corrected chi connectivity index (χ1v) is 7.61. The van der Waals surface area contributed by atoms with E-state index in [-0.39, 0.29) is 24.7 Å². The Balaban J connectivity index is 1.86. The lowest BCUT2D eigenvalue weighted by Gasteiger charge is -2.28. The summed E-state index contributed by atoms with van der Waals surface area (Å²) in [6, 6.07) is 4.58. The van der Waals surface area contributed by atoms with Crippen molar-refractivity contribution in [2.24, 2.45) is 0 Å². The summed E-state index contributed by atoms with van der Waals surface area (Å²) in [4.78, 5) is 13.5. The average Bonchev–Trinajstić information content (AvgIpc) is 2.49. The first-order valence-electron chi connectivity index (χ1n) is 7.61. The summed E-state index contributed by atoms with van der Waals surface area (Å²) in [5, 5.41) is 12.3. The van der Waals surface area contributed by atoms with Crippen molar-refractivity contribution in [2.45, 2.75) is 50.6 Å². The zero-order chi connectivity index (χ0) is 17.0. The molecule has 7 heteroatoms. The molecule has 1 fully saturated rings. The fourth-order valence-corrected chi connectivity index (χ4v) is 2.65. The Morgan fingerprint density at radius 1 is 1.22 bits per heavy atom. The molecule has 2 amide bonds. The van der Waals surface area contributed by atoms with E-state index in [0.29, 0.717) is 18.4 Å². The van der Waals surface area contributed by atoms with E-state index in [1.165, 1.54) is 17.0 Å². The summed E-state index contributed by atoms with van der Waals surface area (Å²) in [5.74, 6) is 0. The van der Waals surface area contributed by atoms with Crippen LogP contribution in [0.2, 0.25) is 0 Å². The molecule has 0 bridgehead atoms. The van der Waals surface area contributed by atoms with Gasteiger partial charge in [0.15, 0.2) is 0 Å². The van der Waals surface area contributed by atoms with E-state index < -0.39 is 11.7 Å². The summed E-state index contributed by atoms with van der Waals surface area (Å²) >= 11 is 0. The SMILES string of the molecule is CN(Cc1ccc(C(F)(F)F)cc1)C(=O)NC1CCC(O)CC1. The summed E-state index contributed by atoms with van der Waals surface area (Å²) < 4.78 is 37.5. The standard InChI is InChI=1S/C16H21F3N2O2/c1-21(15(23)20-13-6-8-14(22)9-7-13)10-11-2-4-12(5-3-11)16(17,18)19/h2-5,13-14,22H,6-10H2,1H3,(H,20,23). The zero-order valence-electron chi connectivity index (χ0n) is 12.9. The van der Waals surface area contributed by atoms with Crippen LogP contribution in [0.1, 0.15) is 36.8 Å². The second-order valence-corrected chi connectivity index (χ2v) is 6.01. The number of amides is 2. The molecule has 1 aliphatic carbocycles. The van der Waals surface area contributed by atoms with E-state index in [1.807, 2.05) is 0 Å². The van der Waals surface area contributed by atoms with Gasteiger partial charge in [-0.15, -0.1) is 0 Å². The normalized spacial score (nSPS) is 21.8. The third kappa shape index (κ3) is 5.13. The third-order valence-corrected chi connectivity index (χ3v) is 4.07. The molecule has 2 N–H and O–H groups in total. The van der Waals surface area contributed by atoms with E-state index in [9.17, 15) is 23.1 Å². The number of hydrogen-bond acceptors (Lipinski definition) is 2. The molecule has 1 aromatic carbocycles. The topological polar surface area (TPSA) is 52.6 Å². The number of nitrogens with one attached hydrogen (secondary N) is 1. The number of nitrogens with zero attached hydrogens (tertiary/aromatic N) is 1. The van der Waals surface area contributed by atoms with E-state index in [4.69, 9.17) is 0 Å². The van der Waals surface area contributed by atoms with Crippen LogP contribution in [0.4, 0.5) is 18.0 Å². The lowest BCUT2D eigenvalue weighted by molar-refractivity contribution is -0.137. The Kier molecular flexibility index (Phi) is 5.51. The summed E-state index contributed by atoms with van der Waals surface area (Å²) in [6.45, 7) is 0.235. The molecular formula is C16H21F3N2O2. The van der Waals surface area contributed by atoms with Crippen molar-refractivity contribution in [3.05, 3.63) is 35.4 Å². The van der Waals surface area contributed by atoms with Crippen LogP contribution in [-0.4, -0.2) is 35.2 Å². The van der Waals surface area contributed by atoms with Gasteiger partial charge in [-0.25, -0.2) is 4.79 Å². The molecule has 0 spiro atoms. The van der Waals surface area contributed by atoms with Gasteiger partial charge < -0.3 is 15.3 Å². The van der Waals surface area contributed by atoms with Crippen molar-refractivity contribution in [1.29, 1.82) is 0 Å². The van der Waals surface area contributed by atoms with Crippen LogP contribution in [-0.2, 0) is 12.7 Å².